The molecule has 0 saturated carbocycles. The Bertz CT molecular complexity index is 561. The van der Waals surface area contributed by atoms with Crippen molar-refractivity contribution in [2.45, 2.75) is 25.1 Å². The van der Waals surface area contributed by atoms with Gasteiger partial charge in [0.25, 0.3) is 0 Å². The second-order valence-electron chi connectivity index (χ2n) is 4.07. The van der Waals surface area contributed by atoms with E-state index in [4.69, 9.17) is 9.88 Å². The Kier molecular flexibility index (Phi) is 5.00. The number of rotatable bonds is 5. The first kappa shape index (κ1) is 16.7. The molecular weight excluding hydrogens is 299 g/mol. The second kappa shape index (κ2) is 5.98. The van der Waals surface area contributed by atoms with Crippen LogP contribution < -0.4 is 9.88 Å². The van der Waals surface area contributed by atoms with Gasteiger partial charge in [-0.3, -0.25) is 4.74 Å². The fourth-order valence-electron chi connectivity index (χ4n) is 1.76. The number of hydrogen-bond donors (Lipinski definition) is 1. The van der Waals surface area contributed by atoms with Crippen LogP contribution in [-0.4, -0.2) is 28.0 Å². The lowest BCUT2D eigenvalue weighted by Crippen LogP contribution is -2.18. The largest absolute Gasteiger partial charge is 0.522 e. The van der Waals surface area contributed by atoms with Crippen LogP contribution >= 0.6 is 0 Å². The predicted molar refractivity (Wildman–Crippen MR) is 64.8 cm³/mol. The number of hydrogen-bond acceptors (Lipinski definition) is 4. The summed E-state index contributed by atoms with van der Waals surface area (Å²) in [4.78, 5) is -0.0172. The Balaban J connectivity index is 2.76. The van der Waals surface area contributed by atoms with E-state index in [0.717, 1.165) is 0 Å². The van der Waals surface area contributed by atoms with Gasteiger partial charge in [0.2, 0.25) is 10.0 Å². The van der Waals surface area contributed by atoms with Gasteiger partial charge in [0, 0.05) is 0 Å². The average molecular weight is 313 g/mol. The second-order valence-corrected chi connectivity index (χ2v) is 5.57. The highest BCUT2D eigenvalue weighted by Crippen LogP contribution is 2.25. The van der Waals surface area contributed by atoms with Crippen LogP contribution in [0.2, 0.25) is 0 Å². The molecule has 114 valence electrons. The maximum absolute atomic E-state index is 11.7. The Labute approximate surface area is 114 Å². The third-order valence-corrected chi connectivity index (χ3v) is 3.55. The van der Waals surface area contributed by atoms with Crippen molar-refractivity contribution in [1.29, 1.82) is 0 Å². The van der Waals surface area contributed by atoms with Crippen LogP contribution in [0.25, 0.3) is 0 Å². The van der Waals surface area contributed by atoms with Crippen LogP contribution in [0.1, 0.15) is 11.1 Å². The molecule has 1 aromatic rings. The minimum Gasteiger partial charge on any atom is -0.491 e. The summed E-state index contributed by atoms with van der Waals surface area (Å²) in [5.41, 5.74) is 0.721. The van der Waals surface area contributed by atoms with Crippen molar-refractivity contribution < 1.29 is 31.1 Å². The van der Waals surface area contributed by atoms with Crippen molar-refractivity contribution in [3.8, 4) is 5.75 Å². The number of primary sulfonamides is 1. The van der Waals surface area contributed by atoms with Crippen molar-refractivity contribution in [2.75, 3.05) is 13.2 Å². The summed E-state index contributed by atoms with van der Waals surface area (Å²) >= 11 is 0. The van der Waals surface area contributed by atoms with E-state index in [2.05, 4.69) is 4.74 Å². The predicted octanol–water partition coefficient (Wildman–Crippen LogP) is 1.87. The van der Waals surface area contributed by atoms with E-state index in [0.29, 0.717) is 11.1 Å². The lowest BCUT2D eigenvalue weighted by atomic mass is 10.1. The standard InChI is InChI=1S/C11H14F3NO4S/c1-7-5-9(18-3-4-19-11(12,13)14)6-8(2)10(7)20(15,16)17/h5-6H,3-4H2,1-2H3,(H2,15,16,17). The van der Waals surface area contributed by atoms with Gasteiger partial charge in [-0.05, 0) is 37.1 Å². The molecule has 0 heterocycles. The zero-order valence-electron chi connectivity index (χ0n) is 10.8. The van der Waals surface area contributed by atoms with Crippen molar-refractivity contribution in [3.63, 3.8) is 0 Å². The molecule has 1 rings (SSSR count). The minimum atomic E-state index is -4.70. The number of halogens is 3. The van der Waals surface area contributed by atoms with Gasteiger partial charge in [-0.25, -0.2) is 13.6 Å². The van der Waals surface area contributed by atoms with Crippen LogP contribution in [0.15, 0.2) is 17.0 Å². The third kappa shape index (κ3) is 4.99. The number of alkyl halides is 3. The topological polar surface area (TPSA) is 78.6 Å². The Morgan fingerprint density at radius 2 is 1.65 bits per heavy atom. The van der Waals surface area contributed by atoms with Gasteiger partial charge in [0.15, 0.2) is 0 Å². The summed E-state index contributed by atoms with van der Waals surface area (Å²) < 4.78 is 66.5. The Hall–Kier alpha value is -1.32. The van der Waals surface area contributed by atoms with E-state index < -0.39 is 23.0 Å². The Morgan fingerprint density at radius 1 is 1.15 bits per heavy atom. The molecule has 0 aliphatic rings. The number of ether oxygens (including phenoxy) is 2. The highest BCUT2D eigenvalue weighted by atomic mass is 32.2. The van der Waals surface area contributed by atoms with Gasteiger partial charge in [0.1, 0.15) is 12.4 Å². The minimum absolute atomic E-state index is 0.0172. The summed E-state index contributed by atoms with van der Waals surface area (Å²) in [5.74, 6) is 0.248. The molecule has 5 nitrogen and oxygen atoms in total. The van der Waals surface area contributed by atoms with Crippen LogP contribution in [0.4, 0.5) is 13.2 Å². The molecule has 0 unspecified atom stereocenters. The lowest BCUT2D eigenvalue weighted by molar-refractivity contribution is -0.325. The van der Waals surface area contributed by atoms with E-state index in [9.17, 15) is 21.6 Å². The fourth-order valence-corrected chi connectivity index (χ4v) is 2.77. The van der Waals surface area contributed by atoms with E-state index >= 15 is 0 Å². The molecule has 0 aliphatic carbocycles. The number of nitrogens with two attached hydrogens (primary N) is 1. The third-order valence-electron chi connectivity index (χ3n) is 2.34. The molecule has 0 fully saturated rings. The van der Waals surface area contributed by atoms with Gasteiger partial charge in [-0.2, -0.15) is 0 Å². The van der Waals surface area contributed by atoms with Gasteiger partial charge < -0.3 is 4.74 Å². The van der Waals surface area contributed by atoms with Gasteiger partial charge >= 0.3 is 6.36 Å². The molecule has 0 radical (unpaired) electrons. The maximum Gasteiger partial charge on any atom is 0.522 e. The number of sulfonamides is 1. The zero-order chi connectivity index (χ0) is 15.6. The van der Waals surface area contributed by atoms with Crippen molar-refractivity contribution in [3.05, 3.63) is 23.3 Å². The first-order valence-electron chi connectivity index (χ1n) is 5.48. The normalized spacial score (nSPS) is 12.5. The maximum atomic E-state index is 11.7. The molecule has 20 heavy (non-hydrogen) atoms. The molecule has 0 aromatic heterocycles. The summed E-state index contributed by atoms with van der Waals surface area (Å²) in [5, 5.41) is 5.06. The van der Waals surface area contributed by atoms with Crippen LogP contribution in [0.3, 0.4) is 0 Å². The highest BCUT2D eigenvalue weighted by molar-refractivity contribution is 7.89. The molecule has 0 aliphatic heterocycles. The van der Waals surface area contributed by atoms with E-state index in [-0.39, 0.29) is 17.3 Å². The Morgan fingerprint density at radius 3 is 2.05 bits per heavy atom. The summed E-state index contributed by atoms with van der Waals surface area (Å²) in [6.45, 7) is 2.07. The molecule has 9 heteroatoms. The van der Waals surface area contributed by atoms with Crippen LogP contribution in [0, 0.1) is 13.8 Å². The molecular formula is C11H14F3NO4S. The highest BCUT2D eigenvalue weighted by Gasteiger charge is 2.28. The smallest absolute Gasteiger partial charge is 0.491 e. The van der Waals surface area contributed by atoms with Gasteiger partial charge in [-0.15, -0.1) is 13.2 Å². The monoisotopic (exact) mass is 313 g/mol. The van der Waals surface area contributed by atoms with Crippen LogP contribution in [0.5, 0.6) is 5.75 Å². The first-order valence-corrected chi connectivity index (χ1v) is 7.03. The zero-order valence-corrected chi connectivity index (χ0v) is 11.6. The molecule has 0 saturated heterocycles. The molecule has 1 aromatic carbocycles. The number of aryl methyl sites for hydroxylation is 2. The van der Waals surface area contributed by atoms with E-state index in [1.165, 1.54) is 26.0 Å². The lowest BCUT2D eigenvalue weighted by Gasteiger charge is -2.12. The summed E-state index contributed by atoms with van der Waals surface area (Å²) in [6.07, 6.45) is -4.70. The fraction of sp³-hybridized carbons (Fsp3) is 0.455. The quantitative estimate of drug-likeness (QED) is 0.842. The van der Waals surface area contributed by atoms with E-state index in [1.807, 2.05) is 0 Å². The SMILES string of the molecule is Cc1cc(OCCOC(F)(F)F)cc(C)c1S(N)(=O)=O. The molecule has 0 amide bonds. The van der Waals surface area contributed by atoms with Gasteiger partial charge in [-0.1, -0.05) is 0 Å². The van der Waals surface area contributed by atoms with Crippen molar-refractivity contribution in [2.24, 2.45) is 5.14 Å². The average Bonchev–Trinajstić information content (AvgIpc) is 2.20. The van der Waals surface area contributed by atoms with Gasteiger partial charge in [0.05, 0.1) is 11.5 Å². The van der Waals surface area contributed by atoms with E-state index in [1.54, 1.807) is 0 Å². The molecule has 0 bridgehead atoms. The first-order chi connectivity index (χ1) is 9.00. The molecule has 0 atom stereocenters. The van der Waals surface area contributed by atoms with Crippen molar-refractivity contribution >= 4 is 10.0 Å². The summed E-state index contributed by atoms with van der Waals surface area (Å²) in [7, 11) is -3.85. The molecule has 2 N–H and O–H groups in total. The van der Waals surface area contributed by atoms with Crippen molar-refractivity contribution in [1.82, 2.24) is 0 Å². The molecule has 0 spiro atoms. The van der Waals surface area contributed by atoms with Crippen LogP contribution in [-0.2, 0) is 14.8 Å². The number of benzene rings is 1. The summed E-state index contributed by atoms with van der Waals surface area (Å²) in [6, 6.07) is 2.78.